The van der Waals surface area contributed by atoms with E-state index < -0.39 is 11.9 Å². The molecule has 1 aromatic heterocycles. The number of benzene rings is 1. The molecule has 25 heavy (non-hydrogen) atoms. The monoisotopic (exact) mass is 396 g/mol. The van der Waals surface area contributed by atoms with E-state index in [9.17, 15) is 14.9 Å². The number of imide groups is 1. The van der Waals surface area contributed by atoms with Gasteiger partial charge >= 0.3 is 6.03 Å². The van der Waals surface area contributed by atoms with E-state index in [0.717, 1.165) is 4.68 Å². The second-order valence-electron chi connectivity index (χ2n) is 4.99. The molecule has 0 unspecified atom stereocenters. The number of amides is 2. The van der Waals surface area contributed by atoms with Crippen molar-refractivity contribution >= 4 is 52.8 Å². The molecule has 128 valence electrons. The summed E-state index contributed by atoms with van der Waals surface area (Å²) in [5.74, 6) is -0.887. The molecule has 0 spiro atoms. The Labute approximate surface area is 158 Å². The highest BCUT2D eigenvalue weighted by Crippen LogP contribution is 2.23. The minimum absolute atomic E-state index is 0.268. The molecule has 1 N–H and O–H groups in total. The van der Waals surface area contributed by atoms with Crippen molar-refractivity contribution in [3.05, 3.63) is 55.8 Å². The highest BCUT2D eigenvalue weighted by molar-refractivity contribution is 6.35. The number of nitriles is 1. The van der Waals surface area contributed by atoms with Gasteiger partial charge in [0.2, 0.25) is 0 Å². The number of aromatic nitrogens is 2. The number of hydrogen-bond donors (Lipinski definition) is 1. The van der Waals surface area contributed by atoms with Crippen LogP contribution in [0.15, 0.2) is 23.8 Å². The van der Waals surface area contributed by atoms with Gasteiger partial charge in [-0.2, -0.15) is 15.0 Å². The lowest BCUT2D eigenvalue weighted by atomic mass is 10.1. The van der Waals surface area contributed by atoms with Gasteiger partial charge in [-0.15, -0.1) is 0 Å². The molecule has 0 aliphatic rings. The molecule has 6 nitrogen and oxygen atoms in total. The number of aryl methyl sites for hydroxylation is 1. The van der Waals surface area contributed by atoms with E-state index >= 15 is 0 Å². The van der Waals surface area contributed by atoms with Crippen molar-refractivity contribution in [1.29, 1.82) is 5.26 Å². The van der Waals surface area contributed by atoms with Crippen LogP contribution in [0.2, 0.25) is 15.1 Å². The zero-order valence-electron chi connectivity index (χ0n) is 13.1. The van der Waals surface area contributed by atoms with Crippen molar-refractivity contribution in [2.45, 2.75) is 13.8 Å². The van der Waals surface area contributed by atoms with Crippen LogP contribution in [0.4, 0.5) is 4.79 Å². The second kappa shape index (κ2) is 7.70. The maximum Gasteiger partial charge on any atom is 0.349 e. The molecule has 0 radical (unpaired) electrons. The summed E-state index contributed by atoms with van der Waals surface area (Å²) < 4.78 is 0.958. The van der Waals surface area contributed by atoms with E-state index in [0.29, 0.717) is 27.0 Å². The Kier molecular flexibility index (Phi) is 5.85. The minimum atomic E-state index is -0.887. The average molecular weight is 398 g/mol. The quantitative estimate of drug-likeness (QED) is 0.609. The number of nitrogens with zero attached hydrogens (tertiary/aromatic N) is 3. The molecule has 9 heteroatoms. The first kappa shape index (κ1) is 19.0. The van der Waals surface area contributed by atoms with Gasteiger partial charge in [0.25, 0.3) is 5.91 Å². The lowest BCUT2D eigenvalue weighted by molar-refractivity contribution is -0.116. The summed E-state index contributed by atoms with van der Waals surface area (Å²) in [6, 6.07) is 5.51. The van der Waals surface area contributed by atoms with Gasteiger partial charge in [0.05, 0.1) is 16.4 Å². The van der Waals surface area contributed by atoms with Crippen LogP contribution >= 0.6 is 34.8 Å². The Bertz CT molecular complexity index is 942. The molecular weight excluding hydrogens is 387 g/mol. The molecule has 0 bridgehead atoms. The van der Waals surface area contributed by atoms with E-state index in [4.69, 9.17) is 34.8 Å². The topological polar surface area (TPSA) is 87.8 Å². The summed E-state index contributed by atoms with van der Waals surface area (Å²) in [6.07, 6.45) is 1.26. The molecule has 0 atom stereocenters. The molecule has 0 fully saturated rings. The highest BCUT2D eigenvalue weighted by atomic mass is 35.5. The normalized spacial score (nSPS) is 11.1. The van der Waals surface area contributed by atoms with Crippen molar-refractivity contribution in [2.24, 2.45) is 0 Å². The van der Waals surface area contributed by atoms with Crippen molar-refractivity contribution < 1.29 is 9.59 Å². The van der Waals surface area contributed by atoms with Gasteiger partial charge in [-0.3, -0.25) is 10.1 Å². The minimum Gasteiger partial charge on any atom is -0.271 e. The van der Waals surface area contributed by atoms with Gasteiger partial charge < -0.3 is 0 Å². The van der Waals surface area contributed by atoms with Crippen LogP contribution in [0, 0.1) is 25.2 Å². The van der Waals surface area contributed by atoms with Crippen molar-refractivity contribution in [3.63, 3.8) is 0 Å². The third-order valence-corrected chi connectivity index (χ3v) is 4.35. The van der Waals surface area contributed by atoms with Crippen LogP contribution in [0.3, 0.4) is 0 Å². The molecule has 2 rings (SSSR count). The van der Waals surface area contributed by atoms with Gasteiger partial charge in [0.15, 0.2) is 0 Å². The molecule has 2 aromatic rings. The van der Waals surface area contributed by atoms with Crippen LogP contribution in [0.1, 0.15) is 17.0 Å². The van der Waals surface area contributed by atoms with Crippen molar-refractivity contribution in [3.8, 4) is 6.07 Å². The number of rotatable bonds is 2. The summed E-state index contributed by atoms with van der Waals surface area (Å²) >= 11 is 17.8. The van der Waals surface area contributed by atoms with Gasteiger partial charge in [-0.05, 0) is 37.6 Å². The van der Waals surface area contributed by atoms with Crippen LogP contribution in [0.5, 0.6) is 0 Å². The number of carbonyl (C=O) groups is 2. The van der Waals surface area contributed by atoms with Gasteiger partial charge in [0, 0.05) is 10.0 Å². The van der Waals surface area contributed by atoms with Crippen LogP contribution in [-0.2, 0) is 4.79 Å². The first-order valence-corrected chi connectivity index (χ1v) is 8.02. The zero-order chi connectivity index (χ0) is 18.7. The Hall–Kier alpha value is -2.33. The number of halogens is 3. The van der Waals surface area contributed by atoms with Gasteiger partial charge in [-0.25, -0.2) is 4.79 Å². The number of hydrogen-bond acceptors (Lipinski definition) is 4. The highest BCUT2D eigenvalue weighted by Gasteiger charge is 2.19. The van der Waals surface area contributed by atoms with Crippen LogP contribution in [0.25, 0.3) is 6.08 Å². The van der Waals surface area contributed by atoms with E-state index in [1.165, 1.54) is 12.1 Å². The van der Waals surface area contributed by atoms with Crippen molar-refractivity contribution in [1.82, 2.24) is 15.1 Å². The Morgan fingerprint density at radius 2 is 1.96 bits per heavy atom. The average Bonchev–Trinajstić information content (AvgIpc) is 2.81. The van der Waals surface area contributed by atoms with Crippen molar-refractivity contribution in [2.75, 3.05) is 0 Å². The summed E-state index contributed by atoms with van der Waals surface area (Å²) in [7, 11) is 0. The third kappa shape index (κ3) is 4.20. The van der Waals surface area contributed by atoms with E-state index in [1.54, 1.807) is 32.0 Å². The standard InChI is InChI=1S/C16H11Cl3N4O2/c1-8-14(19)9(2)23(22-8)16(25)21-15(24)11(7-20)5-10-3-4-12(17)6-13(10)18/h3-6H,1-2H3,(H,21,24,25). The molecule has 1 aromatic carbocycles. The predicted octanol–water partition coefficient (Wildman–Crippen LogP) is 4.15. The van der Waals surface area contributed by atoms with E-state index in [2.05, 4.69) is 10.4 Å². The Balaban J connectivity index is 2.25. The van der Waals surface area contributed by atoms with Gasteiger partial charge in [0.1, 0.15) is 11.6 Å². The summed E-state index contributed by atoms with van der Waals surface area (Å²) in [5, 5.41) is 16.2. The second-order valence-corrected chi connectivity index (χ2v) is 6.21. The molecule has 0 aliphatic heterocycles. The van der Waals surface area contributed by atoms with E-state index in [1.807, 2.05) is 0 Å². The number of nitrogens with one attached hydrogen (secondary N) is 1. The van der Waals surface area contributed by atoms with Crippen LogP contribution in [-0.4, -0.2) is 21.7 Å². The maximum absolute atomic E-state index is 12.2. The first-order valence-electron chi connectivity index (χ1n) is 6.89. The fourth-order valence-corrected chi connectivity index (χ4v) is 2.54. The van der Waals surface area contributed by atoms with Crippen LogP contribution < -0.4 is 5.32 Å². The molecule has 0 saturated carbocycles. The Morgan fingerprint density at radius 3 is 2.48 bits per heavy atom. The summed E-state index contributed by atoms with van der Waals surface area (Å²) in [6.45, 7) is 3.21. The predicted molar refractivity (Wildman–Crippen MR) is 95.7 cm³/mol. The fourth-order valence-electron chi connectivity index (χ4n) is 1.96. The lowest BCUT2D eigenvalue weighted by Crippen LogP contribution is -2.36. The summed E-state index contributed by atoms with van der Waals surface area (Å²) in [4.78, 5) is 24.3. The fraction of sp³-hybridized carbons (Fsp3) is 0.125. The Morgan fingerprint density at radius 1 is 1.28 bits per heavy atom. The van der Waals surface area contributed by atoms with E-state index in [-0.39, 0.29) is 10.6 Å². The maximum atomic E-state index is 12.2. The molecule has 0 saturated heterocycles. The summed E-state index contributed by atoms with van der Waals surface area (Å²) in [5.41, 5.74) is 0.947. The molecule has 0 aliphatic carbocycles. The SMILES string of the molecule is Cc1nn(C(=O)NC(=O)C(C#N)=Cc2ccc(Cl)cc2Cl)c(C)c1Cl. The third-order valence-electron chi connectivity index (χ3n) is 3.24. The number of carbonyl (C=O) groups excluding carboxylic acids is 2. The smallest absolute Gasteiger partial charge is 0.271 e. The lowest BCUT2D eigenvalue weighted by Gasteiger charge is -2.05. The molecule has 2 amide bonds. The first-order chi connectivity index (χ1) is 11.7. The largest absolute Gasteiger partial charge is 0.349 e. The van der Waals surface area contributed by atoms with Gasteiger partial charge in [-0.1, -0.05) is 40.9 Å². The molecular formula is C16H11Cl3N4O2. The molecule has 1 heterocycles. The zero-order valence-corrected chi connectivity index (χ0v) is 15.4.